The molecule has 0 saturated carbocycles. The van der Waals surface area contributed by atoms with Crippen molar-refractivity contribution in [3.63, 3.8) is 0 Å². The summed E-state index contributed by atoms with van der Waals surface area (Å²) in [7, 11) is 4.42. The highest BCUT2D eigenvalue weighted by Crippen LogP contribution is 2.38. The summed E-state index contributed by atoms with van der Waals surface area (Å²) in [6, 6.07) is 22.1. The Bertz CT molecular complexity index is 1480. The van der Waals surface area contributed by atoms with Gasteiger partial charge in [0.1, 0.15) is 0 Å². The minimum absolute atomic E-state index is 0.947. The monoisotopic (exact) mass is 476 g/mol. The van der Waals surface area contributed by atoms with E-state index < -0.39 is 0 Å². The fourth-order valence-corrected chi connectivity index (χ4v) is 5.82. The molecule has 2 aliphatic rings. The fourth-order valence-electron chi connectivity index (χ4n) is 5.82. The number of likely N-dealkylation sites (N-methyl/N-ethyl adjacent to an activating group) is 2. The molecule has 6 heteroatoms. The van der Waals surface area contributed by atoms with E-state index in [0.717, 1.165) is 74.4 Å². The molecule has 2 fully saturated rings. The van der Waals surface area contributed by atoms with Crippen LogP contribution in [-0.4, -0.2) is 86.2 Å². The Morgan fingerprint density at radius 1 is 0.500 bits per heavy atom. The van der Waals surface area contributed by atoms with Crippen LogP contribution in [0.4, 0.5) is 11.4 Å². The molecular formula is C30H32N6. The second-order valence-electron chi connectivity index (χ2n) is 10.4. The Kier molecular flexibility index (Phi) is 5.19. The minimum Gasteiger partial charge on any atom is -0.369 e. The normalized spacial score (nSPS) is 18.2. The van der Waals surface area contributed by atoms with Gasteiger partial charge in [-0.05, 0) is 61.3 Å². The molecule has 36 heavy (non-hydrogen) atoms. The highest BCUT2D eigenvalue weighted by Gasteiger charge is 2.19. The second kappa shape index (κ2) is 8.57. The number of aromatic nitrogens is 2. The molecule has 6 nitrogen and oxygen atoms in total. The van der Waals surface area contributed by atoms with Gasteiger partial charge in [-0.15, -0.1) is 0 Å². The molecule has 0 atom stereocenters. The molecule has 5 aromatic rings. The number of benzene rings is 4. The van der Waals surface area contributed by atoms with E-state index in [9.17, 15) is 0 Å². The van der Waals surface area contributed by atoms with E-state index in [1.165, 1.54) is 32.9 Å². The molecular weight excluding hydrogens is 444 g/mol. The van der Waals surface area contributed by atoms with Crippen LogP contribution in [0.2, 0.25) is 0 Å². The summed E-state index contributed by atoms with van der Waals surface area (Å²) in [6.45, 7) is 8.64. The molecule has 0 unspecified atom stereocenters. The number of nitrogens with zero attached hydrogens (tertiary/aromatic N) is 6. The van der Waals surface area contributed by atoms with Gasteiger partial charge >= 0.3 is 0 Å². The van der Waals surface area contributed by atoms with Crippen molar-refractivity contribution in [1.29, 1.82) is 0 Å². The number of piperazine rings is 2. The lowest BCUT2D eigenvalue weighted by atomic mass is 9.97. The van der Waals surface area contributed by atoms with Crippen molar-refractivity contribution in [3.8, 4) is 0 Å². The van der Waals surface area contributed by atoms with Crippen LogP contribution in [0, 0.1) is 0 Å². The number of hydrogen-bond acceptors (Lipinski definition) is 6. The summed E-state index contributed by atoms with van der Waals surface area (Å²) in [5, 5.41) is 4.91. The summed E-state index contributed by atoms with van der Waals surface area (Å²) >= 11 is 0. The highest BCUT2D eigenvalue weighted by atomic mass is 15.3. The molecule has 0 aliphatic carbocycles. The molecule has 2 saturated heterocycles. The van der Waals surface area contributed by atoms with Crippen LogP contribution in [-0.2, 0) is 0 Å². The van der Waals surface area contributed by atoms with Crippen LogP contribution in [0.3, 0.4) is 0 Å². The topological polar surface area (TPSA) is 38.7 Å². The number of rotatable bonds is 2. The number of fused-ring (bicyclic) bond motifs is 7. The van der Waals surface area contributed by atoms with Crippen LogP contribution < -0.4 is 9.80 Å². The third-order valence-corrected chi connectivity index (χ3v) is 8.11. The van der Waals surface area contributed by atoms with Gasteiger partial charge in [0.2, 0.25) is 0 Å². The maximum Gasteiger partial charge on any atom is 0.0979 e. The van der Waals surface area contributed by atoms with Crippen molar-refractivity contribution in [2.45, 2.75) is 0 Å². The lowest BCUT2D eigenvalue weighted by Gasteiger charge is -2.34. The first-order valence-corrected chi connectivity index (χ1v) is 13.1. The molecule has 0 N–H and O–H groups in total. The summed E-state index contributed by atoms with van der Waals surface area (Å²) in [6.07, 6.45) is 0. The van der Waals surface area contributed by atoms with Gasteiger partial charge in [-0.1, -0.05) is 24.3 Å². The van der Waals surface area contributed by atoms with Crippen molar-refractivity contribution in [1.82, 2.24) is 19.8 Å². The fraction of sp³-hybridized carbons (Fsp3) is 0.333. The minimum atomic E-state index is 0.947. The van der Waals surface area contributed by atoms with E-state index in [2.05, 4.69) is 82.2 Å². The number of anilines is 2. The lowest BCUT2D eigenvalue weighted by molar-refractivity contribution is 0.313. The quantitative estimate of drug-likeness (QED) is 0.274. The molecule has 1 aromatic heterocycles. The van der Waals surface area contributed by atoms with Crippen molar-refractivity contribution >= 4 is 55.0 Å². The smallest absolute Gasteiger partial charge is 0.0979 e. The average Bonchev–Trinajstić information content (AvgIpc) is 2.92. The predicted molar refractivity (Wildman–Crippen MR) is 151 cm³/mol. The summed E-state index contributed by atoms with van der Waals surface area (Å²) in [4.78, 5) is 20.1. The van der Waals surface area contributed by atoms with Crippen LogP contribution in [0.5, 0.6) is 0 Å². The van der Waals surface area contributed by atoms with E-state index in [-0.39, 0.29) is 0 Å². The average molecular weight is 477 g/mol. The third-order valence-electron chi connectivity index (χ3n) is 8.11. The van der Waals surface area contributed by atoms with Crippen molar-refractivity contribution in [2.75, 3.05) is 76.3 Å². The van der Waals surface area contributed by atoms with Gasteiger partial charge in [0.15, 0.2) is 0 Å². The van der Waals surface area contributed by atoms with Crippen molar-refractivity contribution < 1.29 is 0 Å². The first-order chi connectivity index (χ1) is 17.6. The highest BCUT2D eigenvalue weighted by molar-refractivity contribution is 6.24. The molecule has 0 amide bonds. The van der Waals surface area contributed by atoms with E-state index in [4.69, 9.17) is 9.97 Å². The molecule has 0 bridgehead atoms. The van der Waals surface area contributed by atoms with E-state index in [1.807, 2.05) is 12.1 Å². The first-order valence-electron chi connectivity index (χ1n) is 13.1. The Morgan fingerprint density at radius 3 is 1.33 bits per heavy atom. The number of hydrogen-bond donors (Lipinski definition) is 0. The zero-order valence-corrected chi connectivity index (χ0v) is 21.1. The Balaban J connectivity index is 1.48. The van der Waals surface area contributed by atoms with Gasteiger partial charge in [0, 0.05) is 74.5 Å². The summed E-state index contributed by atoms with van der Waals surface area (Å²) < 4.78 is 0. The molecule has 0 spiro atoms. The Morgan fingerprint density at radius 2 is 0.917 bits per heavy atom. The largest absolute Gasteiger partial charge is 0.369 e. The van der Waals surface area contributed by atoms with Gasteiger partial charge in [-0.25, -0.2) is 9.97 Å². The lowest BCUT2D eigenvalue weighted by Crippen LogP contribution is -2.44. The standard InChI is InChI=1S/C30H32N6/c1-33-11-15-35(16-12-33)21-7-9-23-25(19-21)26-20-22(36-17-13-34(2)14-18-36)8-10-24(26)30-29(23)31-27-5-3-4-6-28(27)32-30/h3-10,19-20H,11-18H2,1-2H3. The summed E-state index contributed by atoms with van der Waals surface area (Å²) in [5.74, 6) is 0. The SMILES string of the molecule is CN1CCN(c2ccc3c(c2)c2cc(N4CCN(C)CC4)ccc2c2nc4ccccc4nc32)CC1. The first kappa shape index (κ1) is 21.8. The van der Waals surface area contributed by atoms with Crippen LogP contribution >= 0.6 is 0 Å². The molecule has 3 heterocycles. The zero-order chi connectivity index (χ0) is 24.2. The zero-order valence-electron chi connectivity index (χ0n) is 21.1. The van der Waals surface area contributed by atoms with Gasteiger partial charge in [-0.3, -0.25) is 0 Å². The molecule has 182 valence electrons. The van der Waals surface area contributed by atoms with Crippen LogP contribution in [0.1, 0.15) is 0 Å². The summed E-state index contributed by atoms with van der Waals surface area (Å²) in [5.41, 5.74) is 6.48. The van der Waals surface area contributed by atoms with E-state index in [0.29, 0.717) is 0 Å². The van der Waals surface area contributed by atoms with Gasteiger partial charge in [-0.2, -0.15) is 0 Å². The Hall–Kier alpha value is -3.48. The van der Waals surface area contributed by atoms with Crippen LogP contribution in [0.15, 0.2) is 60.7 Å². The van der Waals surface area contributed by atoms with E-state index in [1.54, 1.807) is 0 Å². The Labute approximate surface area is 211 Å². The molecule has 2 aliphatic heterocycles. The van der Waals surface area contributed by atoms with Gasteiger partial charge in [0.05, 0.1) is 22.1 Å². The molecule has 4 aromatic carbocycles. The van der Waals surface area contributed by atoms with Crippen molar-refractivity contribution in [3.05, 3.63) is 60.7 Å². The van der Waals surface area contributed by atoms with Crippen LogP contribution in [0.25, 0.3) is 43.6 Å². The maximum atomic E-state index is 5.13. The third kappa shape index (κ3) is 3.64. The van der Waals surface area contributed by atoms with Gasteiger partial charge in [0.25, 0.3) is 0 Å². The molecule has 0 radical (unpaired) electrons. The maximum absolute atomic E-state index is 5.13. The van der Waals surface area contributed by atoms with Crippen molar-refractivity contribution in [2.24, 2.45) is 0 Å². The van der Waals surface area contributed by atoms with Gasteiger partial charge < -0.3 is 19.6 Å². The second-order valence-corrected chi connectivity index (χ2v) is 10.4. The predicted octanol–water partition coefficient (Wildman–Crippen LogP) is 4.59. The number of para-hydroxylation sites is 2. The molecule has 7 rings (SSSR count). The van der Waals surface area contributed by atoms with E-state index >= 15 is 0 Å².